The van der Waals surface area contributed by atoms with E-state index in [0.717, 1.165) is 23.7 Å². The van der Waals surface area contributed by atoms with Gasteiger partial charge in [0.15, 0.2) is 0 Å². The molecule has 0 bridgehead atoms. The number of alkyl halides is 3. The number of hydrogen-bond acceptors (Lipinski definition) is 1. The van der Waals surface area contributed by atoms with Crippen LogP contribution in [-0.4, -0.2) is 12.2 Å². The van der Waals surface area contributed by atoms with Gasteiger partial charge in [-0.3, -0.25) is 0 Å². The summed E-state index contributed by atoms with van der Waals surface area (Å²) >= 11 is 3.47. The molecule has 1 nitrogen and oxygen atoms in total. The first kappa shape index (κ1) is 15.3. The van der Waals surface area contributed by atoms with E-state index in [1.807, 2.05) is 6.07 Å². The minimum Gasteiger partial charge on any atom is -0.307 e. The zero-order valence-electron chi connectivity index (χ0n) is 11.7. The molecular weight excluding hydrogens is 343 g/mol. The Balaban J connectivity index is 1.66. The van der Waals surface area contributed by atoms with Gasteiger partial charge in [0, 0.05) is 16.6 Å². The van der Waals surface area contributed by atoms with Crippen molar-refractivity contribution in [3.05, 3.63) is 33.8 Å². The Kier molecular flexibility index (Phi) is 4.33. The Morgan fingerprint density at radius 2 is 1.95 bits per heavy atom. The smallest absolute Gasteiger partial charge is 0.307 e. The standard InChI is InChI=1S/C16H19BrF3N/c17-12-5-6-14-10(8-12)4-7-15(14)21-13-3-1-2-11(9-13)16(18,19)20/h5-6,8,11,13,15,21H,1-4,7,9H2. The summed E-state index contributed by atoms with van der Waals surface area (Å²) in [5, 5.41) is 3.48. The van der Waals surface area contributed by atoms with E-state index in [0.29, 0.717) is 6.42 Å². The summed E-state index contributed by atoms with van der Waals surface area (Å²) in [7, 11) is 0. The van der Waals surface area contributed by atoms with Gasteiger partial charge >= 0.3 is 6.18 Å². The monoisotopic (exact) mass is 361 g/mol. The fourth-order valence-corrected chi connectivity index (χ4v) is 4.09. The molecule has 0 aromatic heterocycles. The third-order valence-electron chi connectivity index (χ3n) is 4.76. The molecule has 3 unspecified atom stereocenters. The largest absolute Gasteiger partial charge is 0.391 e. The minimum atomic E-state index is -4.04. The van der Waals surface area contributed by atoms with Crippen molar-refractivity contribution in [3.8, 4) is 0 Å². The molecule has 2 aliphatic carbocycles. The maximum Gasteiger partial charge on any atom is 0.391 e. The molecule has 0 heterocycles. The molecule has 0 spiro atoms. The summed E-state index contributed by atoms with van der Waals surface area (Å²) < 4.78 is 39.7. The normalized spacial score (nSPS) is 29.4. The van der Waals surface area contributed by atoms with Crippen LogP contribution in [0.4, 0.5) is 13.2 Å². The van der Waals surface area contributed by atoms with E-state index >= 15 is 0 Å². The first-order valence-corrected chi connectivity index (χ1v) is 8.34. The number of hydrogen-bond donors (Lipinski definition) is 1. The highest BCUT2D eigenvalue weighted by Crippen LogP contribution is 2.39. The van der Waals surface area contributed by atoms with E-state index < -0.39 is 12.1 Å². The molecule has 3 atom stereocenters. The minimum absolute atomic E-state index is 0.00929. The molecular formula is C16H19BrF3N. The van der Waals surface area contributed by atoms with Crippen LogP contribution in [0.1, 0.15) is 49.3 Å². The highest BCUT2D eigenvalue weighted by Gasteiger charge is 2.42. The molecule has 0 amide bonds. The van der Waals surface area contributed by atoms with Crippen LogP contribution in [0.25, 0.3) is 0 Å². The zero-order valence-corrected chi connectivity index (χ0v) is 13.3. The van der Waals surface area contributed by atoms with Gasteiger partial charge in [-0.15, -0.1) is 0 Å². The fraction of sp³-hybridized carbons (Fsp3) is 0.625. The second-order valence-electron chi connectivity index (χ2n) is 6.20. The van der Waals surface area contributed by atoms with Crippen molar-refractivity contribution in [2.45, 2.75) is 56.8 Å². The third-order valence-corrected chi connectivity index (χ3v) is 5.25. The molecule has 1 fully saturated rings. The molecule has 5 heteroatoms. The van der Waals surface area contributed by atoms with Crippen LogP contribution in [0, 0.1) is 5.92 Å². The molecule has 1 N–H and O–H groups in total. The van der Waals surface area contributed by atoms with Crippen molar-refractivity contribution in [3.63, 3.8) is 0 Å². The lowest BCUT2D eigenvalue weighted by Gasteiger charge is -2.33. The van der Waals surface area contributed by atoms with E-state index in [2.05, 4.69) is 33.4 Å². The molecule has 21 heavy (non-hydrogen) atoms. The maximum absolute atomic E-state index is 12.9. The van der Waals surface area contributed by atoms with Gasteiger partial charge in [-0.1, -0.05) is 28.4 Å². The lowest BCUT2D eigenvalue weighted by Crippen LogP contribution is -2.40. The molecule has 2 aliphatic rings. The Hall–Kier alpha value is -0.550. The van der Waals surface area contributed by atoms with E-state index in [4.69, 9.17) is 0 Å². The molecule has 0 radical (unpaired) electrons. The second kappa shape index (κ2) is 5.92. The van der Waals surface area contributed by atoms with Gasteiger partial charge in [-0.25, -0.2) is 0 Å². The number of fused-ring (bicyclic) bond motifs is 1. The first-order valence-electron chi connectivity index (χ1n) is 7.54. The fourth-order valence-electron chi connectivity index (χ4n) is 3.68. The molecule has 1 saturated carbocycles. The summed E-state index contributed by atoms with van der Waals surface area (Å²) in [6, 6.07) is 6.43. The van der Waals surface area contributed by atoms with Crippen LogP contribution >= 0.6 is 15.9 Å². The summed E-state index contributed by atoms with van der Waals surface area (Å²) in [4.78, 5) is 0. The van der Waals surface area contributed by atoms with E-state index in [1.54, 1.807) is 0 Å². The molecule has 0 aliphatic heterocycles. The van der Waals surface area contributed by atoms with Crippen molar-refractivity contribution in [1.29, 1.82) is 0 Å². The number of aryl methyl sites for hydroxylation is 1. The van der Waals surface area contributed by atoms with E-state index in [1.165, 1.54) is 11.1 Å². The predicted octanol–water partition coefficient (Wildman–Crippen LogP) is 5.15. The van der Waals surface area contributed by atoms with Crippen molar-refractivity contribution < 1.29 is 13.2 Å². The van der Waals surface area contributed by atoms with Gasteiger partial charge in [0.2, 0.25) is 0 Å². The van der Waals surface area contributed by atoms with Crippen LogP contribution in [0.3, 0.4) is 0 Å². The molecule has 1 aromatic rings. The Morgan fingerprint density at radius 1 is 1.14 bits per heavy atom. The van der Waals surface area contributed by atoms with Crippen LogP contribution in [0.5, 0.6) is 0 Å². The molecule has 3 rings (SSSR count). The van der Waals surface area contributed by atoms with Crippen LogP contribution in [0.15, 0.2) is 22.7 Å². The lowest BCUT2D eigenvalue weighted by molar-refractivity contribution is -0.183. The van der Waals surface area contributed by atoms with Gasteiger partial charge in [-0.05, 0) is 55.4 Å². The van der Waals surface area contributed by atoms with Crippen molar-refractivity contribution in [2.75, 3.05) is 0 Å². The highest BCUT2D eigenvalue weighted by atomic mass is 79.9. The Labute approximate surface area is 131 Å². The predicted molar refractivity (Wildman–Crippen MR) is 80.1 cm³/mol. The average Bonchev–Trinajstić information content (AvgIpc) is 2.80. The van der Waals surface area contributed by atoms with Crippen molar-refractivity contribution >= 4 is 15.9 Å². The highest BCUT2D eigenvalue weighted by molar-refractivity contribution is 9.10. The second-order valence-corrected chi connectivity index (χ2v) is 7.12. The third kappa shape index (κ3) is 3.45. The van der Waals surface area contributed by atoms with Gasteiger partial charge in [0.1, 0.15) is 0 Å². The lowest BCUT2D eigenvalue weighted by atomic mass is 9.84. The van der Waals surface area contributed by atoms with Crippen LogP contribution in [-0.2, 0) is 6.42 Å². The number of halogens is 4. The Bertz CT molecular complexity index is 515. The van der Waals surface area contributed by atoms with Crippen LogP contribution in [0.2, 0.25) is 0 Å². The van der Waals surface area contributed by atoms with Crippen molar-refractivity contribution in [2.24, 2.45) is 5.92 Å². The summed E-state index contributed by atoms with van der Waals surface area (Å²) in [5.41, 5.74) is 2.57. The molecule has 0 saturated heterocycles. The van der Waals surface area contributed by atoms with Gasteiger partial charge in [-0.2, -0.15) is 13.2 Å². The molecule has 116 valence electrons. The Morgan fingerprint density at radius 3 is 2.71 bits per heavy atom. The summed E-state index contributed by atoms with van der Waals surface area (Å²) in [6.07, 6.45) is -0.0158. The van der Waals surface area contributed by atoms with Gasteiger partial charge in [0.05, 0.1) is 5.92 Å². The number of rotatable bonds is 2. The maximum atomic E-state index is 12.9. The average molecular weight is 362 g/mol. The topological polar surface area (TPSA) is 12.0 Å². The van der Waals surface area contributed by atoms with Crippen LogP contribution < -0.4 is 5.32 Å². The first-order chi connectivity index (χ1) is 9.93. The van der Waals surface area contributed by atoms with Gasteiger partial charge in [0.25, 0.3) is 0 Å². The van der Waals surface area contributed by atoms with Gasteiger partial charge < -0.3 is 5.32 Å². The summed E-state index contributed by atoms with van der Waals surface area (Å²) in [5.74, 6) is -1.13. The zero-order chi connectivity index (χ0) is 15.0. The summed E-state index contributed by atoms with van der Waals surface area (Å²) in [6.45, 7) is 0. The SMILES string of the molecule is FC(F)(F)C1CCCC(NC2CCc3cc(Br)ccc32)C1. The van der Waals surface area contributed by atoms with E-state index in [-0.39, 0.29) is 24.9 Å². The number of nitrogens with one attached hydrogen (secondary N) is 1. The number of benzene rings is 1. The quantitative estimate of drug-likeness (QED) is 0.768. The molecule has 1 aromatic carbocycles. The van der Waals surface area contributed by atoms with Crippen molar-refractivity contribution in [1.82, 2.24) is 5.32 Å². The van der Waals surface area contributed by atoms with E-state index in [9.17, 15) is 13.2 Å².